The van der Waals surface area contributed by atoms with Crippen LogP contribution in [0, 0.1) is 5.41 Å². The Hall–Kier alpha value is -0.0900. The van der Waals surface area contributed by atoms with E-state index in [9.17, 15) is 8.42 Å². The van der Waals surface area contributed by atoms with Gasteiger partial charge >= 0.3 is 0 Å². The highest BCUT2D eigenvalue weighted by molar-refractivity contribution is 7.85. The third kappa shape index (κ3) is 1.95. The molecule has 0 unspecified atom stereocenters. The van der Waals surface area contributed by atoms with E-state index >= 15 is 0 Å². The average Bonchev–Trinajstić information content (AvgIpc) is 1.57. The summed E-state index contributed by atoms with van der Waals surface area (Å²) in [6.07, 6.45) is 2.94. The molecule has 0 saturated heterocycles. The summed E-state index contributed by atoms with van der Waals surface area (Å²) in [6, 6.07) is 0. The van der Waals surface area contributed by atoms with Crippen molar-refractivity contribution in [3.05, 3.63) is 0 Å². The molecule has 0 aromatic rings. The molecular weight excluding hydrogens is 152 g/mol. The molecule has 1 fully saturated rings. The maximum atomic E-state index is 10.4. The molecule has 3 nitrogen and oxygen atoms in total. The van der Waals surface area contributed by atoms with E-state index in [0.29, 0.717) is 0 Å². The number of hydrogen-bond donors (Lipinski definition) is 1. The molecule has 1 N–H and O–H groups in total. The summed E-state index contributed by atoms with van der Waals surface area (Å²) in [5.41, 5.74) is -0.131. The van der Waals surface area contributed by atoms with Gasteiger partial charge < -0.3 is 0 Å². The van der Waals surface area contributed by atoms with Crippen LogP contribution in [0.25, 0.3) is 0 Å². The van der Waals surface area contributed by atoms with Crippen molar-refractivity contribution >= 4 is 10.1 Å². The van der Waals surface area contributed by atoms with E-state index in [1.165, 1.54) is 0 Å². The van der Waals surface area contributed by atoms with E-state index in [1.807, 2.05) is 6.92 Å². The van der Waals surface area contributed by atoms with Crippen molar-refractivity contribution in [2.24, 2.45) is 5.41 Å². The molecule has 0 aromatic heterocycles. The Morgan fingerprint density at radius 3 is 2.10 bits per heavy atom. The van der Waals surface area contributed by atoms with Gasteiger partial charge in [0, 0.05) is 0 Å². The zero-order valence-electron chi connectivity index (χ0n) is 6.00. The Kier molecular flexibility index (Phi) is 1.76. The van der Waals surface area contributed by atoms with Crippen LogP contribution in [0.2, 0.25) is 0 Å². The van der Waals surface area contributed by atoms with Crippen LogP contribution in [-0.4, -0.2) is 18.7 Å². The van der Waals surface area contributed by atoms with Gasteiger partial charge in [0.2, 0.25) is 0 Å². The van der Waals surface area contributed by atoms with E-state index in [0.717, 1.165) is 19.3 Å². The lowest BCUT2D eigenvalue weighted by atomic mass is 9.72. The first-order valence-corrected chi connectivity index (χ1v) is 4.97. The summed E-state index contributed by atoms with van der Waals surface area (Å²) in [7, 11) is -3.74. The Morgan fingerprint density at radius 1 is 1.50 bits per heavy atom. The molecule has 1 rings (SSSR count). The first-order chi connectivity index (χ1) is 4.41. The van der Waals surface area contributed by atoms with Crippen LogP contribution in [0.4, 0.5) is 0 Å². The van der Waals surface area contributed by atoms with E-state index in [1.54, 1.807) is 0 Å². The summed E-state index contributed by atoms with van der Waals surface area (Å²) in [5, 5.41) is 0. The molecular formula is C6H12O3S. The predicted octanol–water partition coefficient (Wildman–Crippen LogP) is 1.06. The molecule has 1 saturated carbocycles. The van der Waals surface area contributed by atoms with Crippen LogP contribution in [0.5, 0.6) is 0 Å². The third-order valence-corrected chi connectivity index (χ3v) is 3.15. The van der Waals surface area contributed by atoms with Crippen LogP contribution >= 0.6 is 0 Å². The molecule has 0 aromatic carbocycles. The average molecular weight is 164 g/mol. The summed E-state index contributed by atoms with van der Waals surface area (Å²) in [5.74, 6) is -0.0694. The fourth-order valence-electron chi connectivity index (χ4n) is 1.37. The fourth-order valence-corrected chi connectivity index (χ4v) is 2.53. The summed E-state index contributed by atoms with van der Waals surface area (Å²) >= 11 is 0. The Bertz CT molecular complexity index is 213. The van der Waals surface area contributed by atoms with Crippen molar-refractivity contribution in [1.29, 1.82) is 0 Å². The Morgan fingerprint density at radius 2 is 2.00 bits per heavy atom. The monoisotopic (exact) mass is 164 g/mol. The van der Waals surface area contributed by atoms with Gasteiger partial charge in [0.15, 0.2) is 0 Å². The van der Waals surface area contributed by atoms with Crippen molar-refractivity contribution in [2.75, 3.05) is 5.75 Å². The van der Waals surface area contributed by atoms with Crippen LogP contribution < -0.4 is 0 Å². The summed E-state index contributed by atoms with van der Waals surface area (Å²) in [4.78, 5) is 0. The van der Waals surface area contributed by atoms with Gasteiger partial charge in [0.1, 0.15) is 0 Å². The number of rotatable bonds is 2. The lowest BCUT2D eigenvalue weighted by Crippen LogP contribution is -2.33. The fraction of sp³-hybridized carbons (Fsp3) is 1.00. The second-order valence-corrected chi connectivity index (χ2v) is 4.84. The molecule has 60 valence electrons. The predicted molar refractivity (Wildman–Crippen MR) is 38.4 cm³/mol. The summed E-state index contributed by atoms with van der Waals surface area (Å²) < 4.78 is 29.3. The zero-order chi connectivity index (χ0) is 7.83. The quantitative estimate of drug-likeness (QED) is 0.621. The van der Waals surface area contributed by atoms with Gasteiger partial charge in [-0.25, -0.2) is 0 Å². The van der Waals surface area contributed by atoms with Gasteiger partial charge in [-0.15, -0.1) is 0 Å². The molecule has 0 spiro atoms. The van der Waals surface area contributed by atoms with Crippen LogP contribution in [0.3, 0.4) is 0 Å². The first kappa shape index (κ1) is 8.01. The van der Waals surface area contributed by atoms with Crippen molar-refractivity contribution < 1.29 is 13.0 Å². The molecule has 0 bridgehead atoms. The van der Waals surface area contributed by atoms with Gasteiger partial charge in [-0.2, -0.15) is 8.42 Å². The molecule has 0 atom stereocenters. The maximum Gasteiger partial charge on any atom is 0.265 e. The van der Waals surface area contributed by atoms with Crippen LogP contribution in [0.15, 0.2) is 0 Å². The molecule has 4 heteroatoms. The van der Waals surface area contributed by atoms with Gasteiger partial charge in [-0.05, 0) is 18.3 Å². The van der Waals surface area contributed by atoms with E-state index in [2.05, 4.69) is 0 Å². The second-order valence-electron chi connectivity index (χ2n) is 3.39. The molecule has 0 amide bonds. The normalized spacial score (nSPS) is 23.8. The molecule has 0 radical (unpaired) electrons. The van der Waals surface area contributed by atoms with Gasteiger partial charge in [0.25, 0.3) is 10.1 Å². The molecule has 1 aliphatic rings. The molecule has 1 aliphatic carbocycles. The number of hydrogen-bond acceptors (Lipinski definition) is 2. The topological polar surface area (TPSA) is 54.4 Å². The molecule has 0 heterocycles. The zero-order valence-corrected chi connectivity index (χ0v) is 6.82. The first-order valence-electron chi connectivity index (χ1n) is 3.37. The SMILES string of the molecule is CC1(CS(=O)(=O)O)CCC1. The minimum Gasteiger partial charge on any atom is -0.286 e. The second kappa shape index (κ2) is 2.20. The molecule has 0 aliphatic heterocycles. The van der Waals surface area contributed by atoms with Gasteiger partial charge in [0.05, 0.1) is 5.75 Å². The van der Waals surface area contributed by atoms with E-state index < -0.39 is 10.1 Å². The van der Waals surface area contributed by atoms with E-state index in [4.69, 9.17) is 4.55 Å². The van der Waals surface area contributed by atoms with Crippen molar-refractivity contribution in [3.8, 4) is 0 Å². The smallest absolute Gasteiger partial charge is 0.265 e. The minimum atomic E-state index is -3.74. The highest BCUT2D eigenvalue weighted by atomic mass is 32.2. The van der Waals surface area contributed by atoms with Crippen molar-refractivity contribution in [1.82, 2.24) is 0 Å². The summed E-state index contributed by atoms with van der Waals surface area (Å²) in [6.45, 7) is 1.89. The van der Waals surface area contributed by atoms with Crippen LogP contribution in [0.1, 0.15) is 26.2 Å². The third-order valence-electron chi connectivity index (χ3n) is 2.09. The van der Waals surface area contributed by atoms with E-state index in [-0.39, 0.29) is 11.2 Å². The highest BCUT2D eigenvalue weighted by Gasteiger charge is 2.35. The maximum absolute atomic E-state index is 10.4. The van der Waals surface area contributed by atoms with Crippen LogP contribution in [-0.2, 0) is 10.1 Å². The minimum absolute atomic E-state index is 0.0694. The van der Waals surface area contributed by atoms with Crippen molar-refractivity contribution in [2.45, 2.75) is 26.2 Å². The largest absolute Gasteiger partial charge is 0.286 e. The Labute approximate surface area is 61.2 Å². The van der Waals surface area contributed by atoms with Gasteiger partial charge in [-0.3, -0.25) is 4.55 Å². The molecule has 10 heavy (non-hydrogen) atoms. The highest BCUT2D eigenvalue weighted by Crippen LogP contribution is 2.40. The Balaban J connectivity index is 2.53. The lowest BCUT2D eigenvalue weighted by molar-refractivity contribution is 0.190. The van der Waals surface area contributed by atoms with Crippen molar-refractivity contribution in [3.63, 3.8) is 0 Å². The standard InChI is InChI=1S/C6H12O3S/c1-6(3-2-4-6)5-10(7,8)9/h2-5H2,1H3,(H,7,8,9). The lowest BCUT2D eigenvalue weighted by Gasteiger charge is -2.36. The van der Waals surface area contributed by atoms with Gasteiger partial charge in [-0.1, -0.05) is 13.3 Å².